The first kappa shape index (κ1) is 14.2. The van der Waals surface area contributed by atoms with Crippen LogP contribution in [-0.4, -0.2) is 12.6 Å². The number of hydrogen-bond donors (Lipinski definition) is 1. The summed E-state index contributed by atoms with van der Waals surface area (Å²) < 4.78 is 0. The molecule has 0 saturated heterocycles. The summed E-state index contributed by atoms with van der Waals surface area (Å²) in [5.74, 6) is 0. The van der Waals surface area contributed by atoms with E-state index < -0.39 is 0 Å². The molecule has 1 N–H and O–H groups in total. The number of nitrogens with one attached hydrogen (secondary N) is 1. The second-order valence-corrected chi connectivity index (χ2v) is 6.47. The highest BCUT2D eigenvalue weighted by Crippen LogP contribution is 2.42. The van der Waals surface area contributed by atoms with Crippen LogP contribution in [0.25, 0.3) is 0 Å². The molecule has 1 aromatic rings. The minimum Gasteiger partial charge on any atom is -0.314 e. The highest BCUT2D eigenvalue weighted by molar-refractivity contribution is 6.42. The van der Waals surface area contributed by atoms with E-state index in [1.54, 1.807) is 0 Å². The molecule has 0 aliphatic heterocycles. The lowest BCUT2D eigenvalue weighted by atomic mass is 9.78. The summed E-state index contributed by atoms with van der Waals surface area (Å²) in [6.45, 7) is 5.41. The van der Waals surface area contributed by atoms with Crippen molar-refractivity contribution in [3.63, 3.8) is 0 Å². The molecule has 1 nitrogen and oxygen atoms in total. The second kappa shape index (κ2) is 5.81. The topological polar surface area (TPSA) is 12.0 Å². The first-order valence-corrected chi connectivity index (χ1v) is 7.48. The summed E-state index contributed by atoms with van der Waals surface area (Å²) in [6, 6.07) is 6.64. The van der Waals surface area contributed by atoms with Gasteiger partial charge in [0.2, 0.25) is 0 Å². The molecule has 1 aromatic carbocycles. The molecule has 1 fully saturated rings. The van der Waals surface area contributed by atoms with Gasteiger partial charge in [0.1, 0.15) is 0 Å². The second-order valence-electron chi connectivity index (χ2n) is 5.65. The molecule has 100 valence electrons. The van der Waals surface area contributed by atoms with Gasteiger partial charge in [0.05, 0.1) is 10.0 Å². The Morgan fingerprint density at radius 2 is 1.83 bits per heavy atom. The molecule has 3 heteroatoms. The van der Waals surface area contributed by atoms with E-state index in [1.807, 2.05) is 6.07 Å². The molecule has 0 bridgehead atoms. The van der Waals surface area contributed by atoms with Crippen molar-refractivity contribution >= 4 is 23.2 Å². The first-order chi connectivity index (χ1) is 8.53. The quantitative estimate of drug-likeness (QED) is 0.838. The maximum Gasteiger partial charge on any atom is 0.0595 e. The van der Waals surface area contributed by atoms with Crippen LogP contribution in [-0.2, 0) is 5.41 Å². The zero-order chi connectivity index (χ0) is 13.2. The fourth-order valence-corrected chi connectivity index (χ4v) is 3.14. The molecular weight excluding hydrogens is 265 g/mol. The summed E-state index contributed by atoms with van der Waals surface area (Å²) in [5.41, 5.74) is 1.58. The van der Waals surface area contributed by atoms with Gasteiger partial charge in [-0.05, 0) is 30.5 Å². The van der Waals surface area contributed by atoms with E-state index in [0.717, 1.165) is 6.54 Å². The summed E-state index contributed by atoms with van der Waals surface area (Å²) in [6.07, 6.45) is 5.09. The number of halogens is 2. The van der Waals surface area contributed by atoms with Crippen LogP contribution in [0.15, 0.2) is 18.2 Å². The normalized spacial score (nSPS) is 18.5. The molecule has 2 rings (SSSR count). The smallest absolute Gasteiger partial charge is 0.0595 e. The highest BCUT2D eigenvalue weighted by Gasteiger charge is 2.35. The van der Waals surface area contributed by atoms with Gasteiger partial charge in [-0.25, -0.2) is 0 Å². The van der Waals surface area contributed by atoms with Crippen LogP contribution in [0.1, 0.15) is 45.1 Å². The zero-order valence-electron chi connectivity index (χ0n) is 11.1. The summed E-state index contributed by atoms with van der Waals surface area (Å²) in [5, 5.41) is 4.90. The van der Waals surface area contributed by atoms with Gasteiger partial charge in [-0.3, -0.25) is 0 Å². The molecule has 0 radical (unpaired) electrons. The SMILES string of the molecule is CC(C)NCC1(c2ccc(Cl)c(Cl)c2)CCCC1. The fraction of sp³-hybridized carbons (Fsp3) is 0.600. The van der Waals surface area contributed by atoms with Gasteiger partial charge in [0.15, 0.2) is 0 Å². The van der Waals surface area contributed by atoms with Crippen molar-refractivity contribution in [3.8, 4) is 0 Å². The molecule has 18 heavy (non-hydrogen) atoms. The van der Waals surface area contributed by atoms with E-state index >= 15 is 0 Å². The number of rotatable bonds is 4. The van der Waals surface area contributed by atoms with Gasteiger partial charge in [0, 0.05) is 18.0 Å². The van der Waals surface area contributed by atoms with Gasteiger partial charge < -0.3 is 5.32 Å². The minimum atomic E-state index is 0.249. The van der Waals surface area contributed by atoms with E-state index in [0.29, 0.717) is 16.1 Å². The van der Waals surface area contributed by atoms with Gasteiger partial charge in [-0.1, -0.05) is 56.0 Å². The Balaban J connectivity index is 2.25. The summed E-state index contributed by atoms with van der Waals surface area (Å²) in [4.78, 5) is 0. The number of hydrogen-bond acceptors (Lipinski definition) is 1. The van der Waals surface area contributed by atoms with Gasteiger partial charge in [-0.15, -0.1) is 0 Å². The molecule has 0 atom stereocenters. The maximum absolute atomic E-state index is 6.16. The van der Waals surface area contributed by atoms with Gasteiger partial charge in [-0.2, -0.15) is 0 Å². The average molecular weight is 286 g/mol. The van der Waals surface area contributed by atoms with Crippen molar-refractivity contribution in [2.75, 3.05) is 6.54 Å². The van der Waals surface area contributed by atoms with Crippen LogP contribution >= 0.6 is 23.2 Å². The number of benzene rings is 1. The lowest BCUT2D eigenvalue weighted by Crippen LogP contribution is -2.39. The van der Waals surface area contributed by atoms with E-state index in [1.165, 1.54) is 31.2 Å². The van der Waals surface area contributed by atoms with Gasteiger partial charge in [0.25, 0.3) is 0 Å². The lowest BCUT2D eigenvalue weighted by Gasteiger charge is -2.31. The Morgan fingerprint density at radius 1 is 1.17 bits per heavy atom. The molecular formula is C15H21Cl2N. The molecule has 0 aromatic heterocycles. The summed E-state index contributed by atoms with van der Waals surface area (Å²) >= 11 is 12.2. The summed E-state index contributed by atoms with van der Waals surface area (Å²) in [7, 11) is 0. The fourth-order valence-electron chi connectivity index (χ4n) is 2.84. The van der Waals surface area contributed by atoms with Crippen molar-refractivity contribution < 1.29 is 0 Å². The van der Waals surface area contributed by atoms with Crippen molar-refractivity contribution in [2.45, 2.75) is 51.0 Å². The van der Waals surface area contributed by atoms with Crippen LogP contribution < -0.4 is 5.32 Å². The van der Waals surface area contributed by atoms with Crippen LogP contribution in [0.5, 0.6) is 0 Å². The Hall–Kier alpha value is -0.240. The highest BCUT2D eigenvalue weighted by atomic mass is 35.5. The predicted octanol–water partition coefficient (Wildman–Crippen LogP) is 4.80. The average Bonchev–Trinajstić information content (AvgIpc) is 2.80. The van der Waals surface area contributed by atoms with E-state index in [9.17, 15) is 0 Å². The molecule has 0 spiro atoms. The maximum atomic E-state index is 6.16. The zero-order valence-corrected chi connectivity index (χ0v) is 12.6. The Bertz CT molecular complexity index is 409. The van der Waals surface area contributed by atoms with Crippen LogP contribution in [0.2, 0.25) is 10.0 Å². The Morgan fingerprint density at radius 3 is 2.39 bits per heavy atom. The minimum absolute atomic E-state index is 0.249. The standard InChI is InChI=1S/C15H21Cl2N/c1-11(2)18-10-15(7-3-4-8-15)12-5-6-13(16)14(17)9-12/h5-6,9,11,18H,3-4,7-8,10H2,1-2H3. The van der Waals surface area contributed by atoms with E-state index in [2.05, 4.69) is 31.3 Å². The first-order valence-electron chi connectivity index (χ1n) is 6.72. The molecule has 1 saturated carbocycles. The van der Waals surface area contributed by atoms with Crippen molar-refractivity contribution in [1.82, 2.24) is 5.32 Å². The van der Waals surface area contributed by atoms with E-state index in [-0.39, 0.29) is 5.41 Å². The third kappa shape index (κ3) is 3.01. The predicted molar refractivity (Wildman–Crippen MR) is 79.7 cm³/mol. The molecule has 0 unspecified atom stereocenters. The molecule has 1 aliphatic carbocycles. The third-order valence-electron chi connectivity index (χ3n) is 3.94. The van der Waals surface area contributed by atoms with Crippen molar-refractivity contribution in [3.05, 3.63) is 33.8 Å². The van der Waals surface area contributed by atoms with E-state index in [4.69, 9.17) is 23.2 Å². The van der Waals surface area contributed by atoms with Crippen molar-refractivity contribution in [1.29, 1.82) is 0 Å². The lowest BCUT2D eigenvalue weighted by molar-refractivity contribution is 0.387. The molecule has 0 heterocycles. The Labute approximate surface area is 120 Å². The van der Waals surface area contributed by atoms with Crippen molar-refractivity contribution in [2.24, 2.45) is 0 Å². The largest absolute Gasteiger partial charge is 0.314 e. The monoisotopic (exact) mass is 285 g/mol. The molecule has 0 amide bonds. The van der Waals surface area contributed by atoms with Crippen LogP contribution in [0, 0.1) is 0 Å². The molecule has 1 aliphatic rings. The van der Waals surface area contributed by atoms with Crippen LogP contribution in [0.3, 0.4) is 0 Å². The van der Waals surface area contributed by atoms with Crippen LogP contribution in [0.4, 0.5) is 0 Å². The van der Waals surface area contributed by atoms with Gasteiger partial charge >= 0.3 is 0 Å². The Kier molecular flexibility index (Phi) is 4.58. The third-order valence-corrected chi connectivity index (χ3v) is 4.68.